The Balaban J connectivity index is 0.00000104. The number of carbonyl (C=O) groups excluding carboxylic acids is 1. The smallest absolute Gasteiger partial charge is 0.150 e. The van der Waals surface area contributed by atoms with Crippen LogP contribution in [-0.2, 0) is 11.2 Å². The van der Waals surface area contributed by atoms with Crippen molar-refractivity contribution in [3.63, 3.8) is 0 Å². The number of aliphatic hydroxyl groups excluding tert-OH is 4. The summed E-state index contributed by atoms with van der Waals surface area (Å²) in [6.07, 6.45) is 8.36. The molecule has 1 fully saturated rings. The third-order valence-electron chi connectivity index (χ3n) is 12.1. The number of rotatable bonds is 18. The predicted molar refractivity (Wildman–Crippen MR) is 258 cm³/mol. The maximum atomic E-state index is 10.2. The van der Waals surface area contributed by atoms with Crippen LogP contribution < -0.4 is 5.73 Å². The molecule has 1 unspecified atom stereocenters. The fourth-order valence-corrected chi connectivity index (χ4v) is 6.91. The zero-order valence-corrected chi connectivity index (χ0v) is 41.5. The van der Waals surface area contributed by atoms with E-state index < -0.39 is 0 Å². The number of hydrogen-bond acceptors (Lipinski definition) is 10. The number of fused-ring (bicyclic) bond motifs is 1. The number of nitrogen functional groups attached to an aromatic ring is 1. The lowest BCUT2D eigenvalue weighted by Crippen LogP contribution is -2.56. The van der Waals surface area contributed by atoms with Crippen LogP contribution in [0.1, 0.15) is 166 Å². The molecule has 0 bridgehead atoms. The second kappa shape index (κ2) is 27.6. The number of aliphatic hydroxyl groups is 4. The lowest BCUT2D eigenvalue weighted by molar-refractivity contribution is -0.117. The van der Waals surface area contributed by atoms with E-state index in [-0.39, 0.29) is 42.7 Å². The van der Waals surface area contributed by atoms with Gasteiger partial charge in [0.1, 0.15) is 17.3 Å². The zero-order chi connectivity index (χ0) is 46.5. The molecule has 0 saturated carbocycles. The first-order chi connectivity index (χ1) is 27.7. The number of nitrogens with two attached hydrogens (primary N) is 1. The van der Waals surface area contributed by atoms with E-state index in [9.17, 15) is 9.90 Å². The van der Waals surface area contributed by atoms with E-state index in [1.807, 2.05) is 13.8 Å². The minimum atomic E-state index is -0.334. The molecule has 0 spiro atoms. The summed E-state index contributed by atoms with van der Waals surface area (Å²) >= 11 is 0. The van der Waals surface area contributed by atoms with Crippen LogP contribution in [0.2, 0.25) is 0 Å². The summed E-state index contributed by atoms with van der Waals surface area (Å²) in [6, 6.07) is 6.60. The first-order valence-corrected chi connectivity index (χ1v) is 22.9. The Morgan fingerprint density at radius 1 is 0.883 bits per heavy atom. The molecule has 1 aliphatic heterocycles. The summed E-state index contributed by atoms with van der Waals surface area (Å²) in [5.74, 6) is 1.45. The maximum Gasteiger partial charge on any atom is 0.150 e. The molecule has 2 aromatic rings. The summed E-state index contributed by atoms with van der Waals surface area (Å²) < 4.78 is 0. The molecule has 2 heterocycles. The first-order valence-electron chi connectivity index (χ1n) is 22.9. The third kappa shape index (κ3) is 22.6. The minimum absolute atomic E-state index is 0.0694. The zero-order valence-electron chi connectivity index (χ0n) is 41.5. The van der Waals surface area contributed by atoms with Gasteiger partial charge in [0.2, 0.25) is 0 Å². The van der Waals surface area contributed by atoms with Gasteiger partial charge in [-0.1, -0.05) is 87.8 Å². The van der Waals surface area contributed by atoms with Gasteiger partial charge in [0, 0.05) is 54.7 Å². The molecule has 6 N–H and O–H groups in total. The molecule has 3 rings (SSSR count). The van der Waals surface area contributed by atoms with Crippen molar-refractivity contribution in [1.82, 2.24) is 14.8 Å². The van der Waals surface area contributed by atoms with Crippen LogP contribution in [-0.4, -0.2) is 111 Å². The molecule has 1 aromatic carbocycles. The molecule has 60 heavy (non-hydrogen) atoms. The van der Waals surface area contributed by atoms with Gasteiger partial charge in [-0.3, -0.25) is 9.89 Å². The van der Waals surface area contributed by atoms with Crippen molar-refractivity contribution in [3.8, 4) is 0 Å². The Bertz CT molecular complexity index is 1530. The summed E-state index contributed by atoms with van der Waals surface area (Å²) in [6.45, 7) is 39.6. The number of unbranched alkanes of at least 4 members (excludes halogenated alkanes) is 1. The van der Waals surface area contributed by atoms with Crippen LogP contribution in [0, 0.1) is 29.1 Å². The normalized spacial score (nSPS) is 15.1. The van der Waals surface area contributed by atoms with Crippen LogP contribution in [0.5, 0.6) is 0 Å². The minimum Gasteiger partial charge on any atom is -0.396 e. The highest BCUT2D eigenvalue weighted by Gasteiger charge is 2.29. The van der Waals surface area contributed by atoms with Crippen molar-refractivity contribution >= 4 is 33.9 Å². The Kier molecular flexibility index (Phi) is 26.4. The van der Waals surface area contributed by atoms with Gasteiger partial charge in [0.05, 0.1) is 31.4 Å². The maximum absolute atomic E-state index is 10.2. The summed E-state index contributed by atoms with van der Waals surface area (Å²) in [7, 11) is 0. The van der Waals surface area contributed by atoms with Crippen LogP contribution >= 0.6 is 0 Å². The topological polar surface area (TPSA) is 156 Å². The SMILES string of the molecule is CC(=O)CCC(C)O.CC(C)C(C)(C)CC(C)(C)C.CCC(C)(CO)CO.CCCCC(C)=Nc1c(N)nc2cc(CCCN3CCN(C(C)(C)CO)CC3)ccc2c1C. The number of benzene rings is 1. The number of piperazine rings is 1. The van der Waals surface area contributed by atoms with Crippen LogP contribution in [0.15, 0.2) is 23.2 Å². The molecule has 1 atom stereocenters. The highest BCUT2D eigenvalue weighted by molar-refractivity contribution is 5.93. The van der Waals surface area contributed by atoms with Gasteiger partial charge in [0.15, 0.2) is 0 Å². The van der Waals surface area contributed by atoms with E-state index in [0.717, 1.165) is 105 Å². The lowest BCUT2D eigenvalue weighted by Gasteiger charge is -2.43. The molecule has 0 aliphatic carbocycles. The molecule has 10 nitrogen and oxygen atoms in total. The summed E-state index contributed by atoms with van der Waals surface area (Å²) in [4.78, 5) is 24.7. The van der Waals surface area contributed by atoms with Crippen molar-refractivity contribution < 1.29 is 25.2 Å². The Hall–Kier alpha value is -2.47. The number of Topliss-reactive ketones (excluding diaryl/α,β-unsaturated/α-hetero) is 1. The number of carbonyl (C=O) groups is 1. The molecule has 1 aliphatic rings. The highest BCUT2D eigenvalue weighted by Crippen LogP contribution is 2.38. The number of anilines is 1. The molecular weight excluding hydrogens is 751 g/mol. The molecule has 1 aromatic heterocycles. The number of nitrogens with zero attached hydrogens (tertiary/aromatic N) is 4. The Morgan fingerprint density at radius 2 is 1.47 bits per heavy atom. The van der Waals surface area contributed by atoms with E-state index >= 15 is 0 Å². The highest BCUT2D eigenvalue weighted by atomic mass is 16.3. The number of pyridine rings is 1. The molecule has 0 radical (unpaired) electrons. The van der Waals surface area contributed by atoms with Gasteiger partial charge in [-0.05, 0) is 127 Å². The molecule has 0 amide bonds. The van der Waals surface area contributed by atoms with Crippen molar-refractivity contribution in [1.29, 1.82) is 0 Å². The van der Waals surface area contributed by atoms with Gasteiger partial charge >= 0.3 is 0 Å². The number of hydrogen-bond donors (Lipinski definition) is 5. The van der Waals surface area contributed by atoms with E-state index in [1.165, 1.54) is 18.9 Å². The van der Waals surface area contributed by atoms with Crippen molar-refractivity contribution in [3.05, 3.63) is 29.3 Å². The Morgan fingerprint density at radius 3 is 1.87 bits per heavy atom. The standard InChI is InChI=1S/C27H43N5O.C11H24.C6H12O2.C6H14O2/c1-6-7-9-20(2)29-25-21(3)23-12-11-22(18-24(23)30-26(25)28)10-8-13-31-14-16-32(17-15-31)27(4,5)19-33;1-9(2)11(6,7)8-10(3,4)5;1-5(7)3-4-6(2)8;1-3-6(2,4-7)5-8/h11-12,18,33H,6-10,13-17,19H2,1-5H3,(H2,28,30);9H,8H2,1-7H3;5,7H,3-4H2,1-2H3;7-8H,3-5H2,1-2H3. The first kappa shape index (κ1) is 57.5. The van der Waals surface area contributed by atoms with Crippen molar-refractivity contribution in [2.45, 2.75) is 180 Å². The number of ketones is 1. The molecule has 1 saturated heterocycles. The average molecular weight is 844 g/mol. The predicted octanol–water partition coefficient (Wildman–Crippen LogP) is 9.96. The van der Waals surface area contributed by atoms with E-state index in [2.05, 4.69) is 111 Å². The summed E-state index contributed by atoms with van der Waals surface area (Å²) in [5.41, 5.74) is 12.2. The fraction of sp³-hybridized carbons (Fsp3) is 0.780. The molecular formula is C50H93N5O5. The quantitative estimate of drug-likeness (QED) is 0.0923. The van der Waals surface area contributed by atoms with Crippen molar-refractivity contribution in [2.24, 2.45) is 27.2 Å². The number of aryl methyl sites for hydroxylation is 2. The lowest BCUT2D eigenvalue weighted by atomic mass is 9.70. The second-order valence-corrected chi connectivity index (χ2v) is 20.6. The second-order valence-electron chi connectivity index (χ2n) is 20.6. The third-order valence-corrected chi connectivity index (χ3v) is 12.1. The van der Waals surface area contributed by atoms with E-state index in [4.69, 9.17) is 31.0 Å². The average Bonchev–Trinajstić information content (AvgIpc) is 3.17. The largest absolute Gasteiger partial charge is 0.396 e. The van der Waals surface area contributed by atoms with E-state index in [1.54, 1.807) is 6.92 Å². The monoisotopic (exact) mass is 844 g/mol. The number of aromatic nitrogens is 1. The molecule has 10 heteroatoms. The van der Waals surface area contributed by atoms with Crippen LogP contribution in [0.4, 0.5) is 11.5 Å². The summed E-state index contributed by atoms with van der Waals surface area (Å²) in [5, 5.41) is 36.6. The number of aliphatic imine (C=N–C) groups is 1. The van der Waals surface area contributed by atoms with Crippen molar-refractivity contribution in [2.75, 3.05) is 58.3 Å². The van der Waals surface area contributed by atoms with Crippen LogP contribution in [0.25, 0.3) is 10.9 Å². The van der Waals surface area contributed by atoms with Gasteiger partial charge in [-0.2, -0.15) is 0 Å². The van der Waals surface area contributed by atoms with Gasteiger partial charge < -0.3 is 35.9 Å². The Labute approximate surface area is 367 Å². The van der Waals surface area contributed by atoms with Gasteiger partial charge in [-0.25, -0.2) is 4.98 Å². The van der Waals surface area contributed by atoms with Gasteiger partial charge in [-0.15, -0.1) is 0 Å². The van der Waals surface area contributed by atoms with E-state index in [0.29, 0.717) is 29.5 Å². The fourth-order valence-electron chi connectivity index (χ4n) is 6.91. The molecule has 348 valence electrons. The van der Waals surface area contributed by atoms with Gasteiger partial charge in [0.25, 0.3) is 0 Å². The van der Waals surface area contributed by atoms with Crippen LogP contribution in [0.3, 0.4) is 0 Å².